The van der Waals surface area contributed by atoms with Gasteiger partial charge < -0.3 is 5.11 Å². The molecule has 0 saturated carbocycles. The van der Waals surface area contributed by atoms with Crippen molar-refractivity contribution in [3.05, 3.63) is 87.3 Å². The maximum Gasteiger partial charge on any atom is 0.335 e. The third-order valence-corrected chi connectivity index (χ3v) is 5.96. The number of carboxylic acids is 1. The average molecular weight is 391 g/mol. The summed E-state index contributed by atoms with van der Waals surface area (Å²) in [6.45, 7) is 4.15. The van der Waals surface area contributed by atoms with E-state index in [0.717, 1.165) is 42.0 Å². The van der Waals surface area contributed by atoms with Crippen molar-refractivity contribution in [2.45, 2.75) is 25.8 Å². The largest absolute Gasteiger partial charge is 0.478 e. The Kier molecular flexibility index (Phi) is 5.11. The molecule has 2 aromatic carbocycles. The first kappa shape index (κ1) is 19.2. The highest BCUT2D eigenvalue weighted by atomic mass is 16.4. The summed E-state index contributed by atoms with van der Waals surface area (Å²) in [6, 6.07) is 16.9. The lowest BCUT2D eigenvalue weighted by molar-refractivity contribution is 0.0695. The van der Waals surface area contributed by atoms with Crippen LogP contribution in [-0.4, -0.2) is 38.4 Å². The van der Waals surface area contributed by atoms with E-state index in [1.165, 1.54) is 0 Å². The number of hydrogen-bond acceptors (Lipinski definition) is 3. The number of hydrogen-bond donors (Lipinski definition) is 1. The molecule has 4 rings (SSSR count). The Hall–Kier alpha value is -3.12. The molecule has 0 amide bonds. The zero-order valence-electron chi connectivity index (χ0n) is 16.7. The van der Waals surface area contributed by atoms with Crippen molar-refractivity contribution in [1.29, 1.82) is 0 Å². The molecule has 1 aliphatic heterocycles. The number of rotatable bonds is 5. The predicted molar refractivity (Wildman–Crippen MR) is 112 cm³/mol. The molecule has 0 aliphatic carbocycles. The molecule has 0 bridgehead atoms. The monoisotopic (exact) mass is 391 g/mol. The van der Waals surface area contributed by atoms with Crippen LogP contribution in [0.5, 0.6) is 0 Å². The van der Waals surface area contributed by atoms with E-state index >= 15 is 0 Å². The molecule has 1 fully saturated rings. The van der Waals surface area contributed by atoms with Gasteiger partial charge in [-0.05, 0) is 49.6 Å². The van der Waals surface area contributed by atoms with Crippen molar-refractivity contribution < 1.29 is 9.90 Å². The van der Waals surface area contributed by atoms with Crippen molar-refractivity contribution in [3.8, 4) is 5.69 Å². The second-order valence-electron chi connectivity index (χ2n) is 7.65. The Morgan fingerprint density at radius 2 is 1.79 bits per heavy atom. The van der Waals surface area contributed by atoms with Crippen LogP contribution < -0.4 is 5.56 Å². The third kappa shape index (κ3) is 3.51. The molecule has 1 N–H and O–H groups in total. The maximum absolute atomic E-state index is 13.1. The standard InChI is InChI=1S/C23H25N3O3/c1-16-21(22(27)26(24(16)2)18-8-4-3-5-9-18)15-25-13-12-17(14-25)19-10-6-7-11-20(19)23(28)29/h3-11,17H,12-15H2,1-2H3,(H,28,29). The lowest BCUT2D eigenvalue weighted by Gasteiger charge is -2.16. The van der Waals surface area contributed by atoms with E-state index in [9.17, 15) is 14.7 Å². The van der Waals surface area contributed by atoms with Gasteiger partial charge in [-0.2, -0.15) is 0 Å². The lowest BCUT2D eigenvalue weighted by Crippen LogP contribution is -2.26. The molecular formula is C23H25N3O3. The summed E-state index contributed by atoms with van der Waals surface area (Å²) in [5.41, 5.74) is 3.86. The fourth-order valence-corrected chi connectivity index (χ4v) is 4.31. The highest BCUT2D eigenvalue weighted by Crippen LogP contribution is 2.30. The molecule has 6 nitrogen and oxygen atoms in total. The van der Waals surface area contributed by atoms with Crippen molar-refractivity contribution in [2.75, 3.05) is 13.1 Å². The van der Waals surface area contributed by atoms with Gasteiger partial charge in [0.2, 0.25) is 0 Å². The fraction of sp³-hybridized carbons (Fsp3) is 0.304. The molecule has 2 heterocycles. The number of carboxylic acid groups (broad SMARTS) is 1. The molecule has 1 aromatic heterocycles. The molecule has 3 aromatic rings. The van der Waals surface area contributed by atoms with E-state index in [0.29, 0.717) is 12.1 Å². The number of likely N-dealkylation sites (tertiary alicyclic amines) is 1. The molecule has 1 atom stereocenters. The summed E-state index contributed by atoms with van der Waals surface area (Å²) < 4.78 is 3.61. The molecule has 1 saturated heterocycles. The van der Waals surface area contributed by atoms with E-state index < -0.39 is 5.97 Å². The second-order valence-corrected chi connectivity index (χ2v) is 7.65. The van der Waals surface area contributed by atoms with Crippen LogP contribution in [0.15, 0.2) is 59.4 Å². The van der Waals surface area contributed by atoms with Gasteiger partial charge in [-0.25, -0.2) is 9.48 Å². The first-order chi connectivity index (χ1) is 14.0. The first-order valence-electron chi connectivity index (χ1n) is 9.85. The van der Waals surface area contributed by atoms with Gasteiger partial charge in [-0.1, -0.05) is 36.4 Å². The van der Waals surface area contributed by atoms with E-state index in [-0.39, 0.29) is 11.5 Å². The highest BCUT2D eigenvalue weighted by molar-refractivity contribution is 5.89. The van der Waals surface area contributed by atoms with Gasteiger partial charge in [-0.3, -0.25) is 14.4 Å². The van der Waals surface area contributed by atoms with E-state index in [4.69, 9.17) is 0 Å². The Morgan fingerprint density at radius 1 is 1.10 bits per heavy atom. The zero-order valence-corrected chi connectivity index (χ0v) is 16.7. The normalized spacial score (nSPS) is 17.0. The van der Waals surface area contributed by atoms with Gasteiger partial charge in [-0.15, -0.1) is 0 Å². The molecule has 29 heavy (non-hydrogen) atoms. The molecule has 6 heteroatoms. The molecule has 1 aliphatic rings. The molecule has 1 unspecified atom stereocenters. The average Bonchev–Trinajstić information content (AvgIpc) is 3.28. The van der Waals surface area contributed by atoms with Crippen molar-refractivity contribution in [3.63, 3.8) is 0 Å². The second kappa shape index (κ2) is 7.72. The number of benzene rings is 2. The van der Waals surface area contributed by atoms with Crippen LogP contribution in [-0.2, 0) is 13.6 Å². The molecule has 150 valence electrons. The topological polar surface area (TPSA) is 67.5 Å². The van der Waals surface area contributed by atoms with Crippen LogP contribution in [0.2, 0.25) is 0 Å². The first-order valence-corrected chi connectivity index (χ1v) is 9.85. The summed E-state index contributed by atoms with van der Waals surface area (Å²) in [7, 11) is 1.91. The van der Waals surface area contributed by atoms with E-state index in [2.05, 4.69) is 4.90 Å². The van der Waals surface area contributed by atoms with Crippen LogP contribution >= 0.6 is 0 Å². The van der Waals surface area contributed by atoms with Gasteiger partial charge in [0.15, 0.2) is 0 Å². The van der Waals surface area contributed by atoms with Gasteiger partial charge in [0.1, 0.15) is 0 Å². The summed E-state index contributed by atoms with van der Waals surface area (Å²) in [5.74, 6) is -0.716. The van der Waals surface area contributed by atoms with Gasteiger partial charge in [0.05, 0.1) is 16.8 Å². The Balaban J connectivity index is 1.58. The third-order valence-electron chi connectivity index (χ3n) is 5.96. The fourth-order valence-electron chi connectivity index (χ4n) is 4.31. The van der Waals surface area contributed by atoms with Crippen LogP contribution in [0.4, 0.5) is 0 Å². The van der Waals surface area contributed by atoms with Gasteiger partial charge in [0.25, 0.3) is 5.56 Å². The van der Waals surface area contributed by atoms with E-state index in [1.807, 2.05) is 61.1 Å². The minimum absolute atomic E-state index is 0.00517. The summed E-state index contributed by atoms with van der Waals surface area (Å²) in [4.78, 5) is 26.9. The summed E-state index contributed by atoms with van der Waals surface area (Å²) in [6.07, 6.45) is 0.892. The predicted octanol–water partition coefficient (Wildman–Crippen LogP) is 3.17. The van der Waals surface area contributed by atoms with E-state index in [1.54, 1.807) is 16.8 Å². The number of carbonyl (C=O) groups is 1. The number of aromatic carboxylic acids is 1. The quantitative estimate of drug-likeness (QED) is 0.725. The zero-order chi connectivity index (χ0) is 20.5. The molecule has 0 radical (unpaired) electrons. The molecular weight excluding hydrogens is 366 g/mol. The number of nitrogens with zero attached hydrogens (tertiary/aromatic N) is 3. The van der Waals surface area contributed by atoms with Crippen LogP contribution in [0, 0.1) is 6.92 Å². The maximum atomic E-state index is 13.1. The minimum atomic E-state index is -0.885. The number of para-hydroxylation sites is 1. The van der Waals surface area contributed by atoms with Crippen LogP contribution in [0.3, 0.4) is 0 Å². The minimum Gasteiger partial charge on any atom is -0.478 e. The summed E-state index contributed by atoms with van der Waals surface area (Å²) in [5, 5.41) is 9.48. The van der Waals surface area contributed by atoms with Crippen molar-refractivity contribution >= 4 is 5.97 Å². The SMILES string of the molecule is Cc1c(CN2CCC(c3ccccc3C(=O)O)C2)c(=O)n(-c2ccccc2)n1C. The van der Waals surface area contributed by atoms with Crippen molar-refractivity contribution in [1.82, 2.24) is 14.3 Å². The smallest absolute Gasteiger partial charge is 0.335 e. The van der Waals surface area contributed by atoms with Crippen LogP contribution in [0.1, 0.15) is 39.5 Å². The Morgan fingerprint density at radius 3 is 2.52 bits per heavy atom. The lowest BCUT2D eigenvalue weighted by atomic mass is 9.93. The molecule has 0 spiro atoms. The van der Waals surface area contributed by atoms with Crippen molar-refractivity contribution in [2.24, 2.45) is 7.05 Å². The van der Waals surface area contributed by atoms with Crippen LogP contribution in [0.25, 0.3) is 5.69 Å². The van der Waals surface area contributed by atoms with Gasteiger partial charge >= 0.3 is 5.97 Å². The Labute approximate surface area is 169 Å². The highest BCUT2D eigenvalue weighted by Gasteiger charge is 2.28. The number of aromatic nitrogens is 2. The summed E-state index contributed by atoms with van der Waals surface area (Å²) >= 11 is 0. The van der Waals surface area contributed by atoms with Gasteiger partial charge in [0, 0.05) is 25.8 Å². The Bertz CT molecular complexity index is 1100.